The Hall–Kier alpha value is -3.06. The summed E-state index contributed by atoms with van der Waals surface area (Å²) in [6, 6.07) is 10.3. The summed E-state index contributed by atoms with van der Waals surface area (Å²) in [5, 5.41) is 7.21. The third-order valence-electron chi connectivity index (χ3n) is 5.27. The van der Waals surface area contributed by atoms with Crippen LogP contribution in [-0.2, 0) is 0 Å². The van der Waals surface area contributed by atoms with Gasteiger partial charge < -0.3 is 19.3 Å². The predicted molar refractivity (Wildman–Crippen MR) is 113 cm³/mol. The van der Waals surface area contributed by atoms with Crippen LogP contribution in [-0.4, -0.2) is 30.3 Å². The number of carbonyl (C=O) groups is 1. The first-order valence-corrected chi connectivity index (χ1v) is 10.1. The van der Waals surface area contributed by atoms with Crippen molar-refractivity contribution in [3.05, 3.63) is 52.9 Å². The van der Waals surface area contributed by atoms with Crippen LogP contribution in [0.5, 0.6) is 11.5 Å². The molecule has 2 aromatic carbocycles. The van der Waals surface area contributed by atoms with E-state index in [1.165, 1.54) is 27.1 Å². The van der Waals surface area contributed by atoms with E-state index in [1.807, 2.05) is 0 Å². The van der Waals surface area contributed by atoms with Crippen molar-refractivity contribution in [3.63, 3.8) is 0 Å². The number of hydrogen-bond acceptors (Lipinski definition) is 6. The summed E-state index contributed by atoms with van der Waals surface area (Å²) < 4.78 is 15.9. The Balaban J connectivity index is 1.50. The molecule has 1 heterocycles. The highest BCUT2D eigenvalue weighted by atomic mass is 35.5. The van der Waals surface area contributed by atoms with Gasteiger partial charge in [-0.25, -0.2) is 0 Å². The van der Waals surface area contributed by atoms with Crippen molar-refractivity contribution in [1.82, 2.24) is 10.1 Å². The van der Waals surface area contributed by atoms with Crippen LogP contribution >= 0.6 is 11.6 Å². The zero-order valence-corrected chi connectivity index (χ0v) is 17.5. The van der Waals surface area contributed by atoms with Gasteiger partial charge in [0.05, 0.1) is 19.2 Å². The monoisotopic (exact) mass is 427 g/mol. The summed E-state index contributed by atoms with van der Waals surface area (Å²) in [5.74, 6) is 2.23. The van der Waals surface area contributed by atoms with Crippen molar-refractivity contribution < 1.29 is 18.8 Å². The molecule has 1 saturated carbocycles. The number of nitrogens with one attached hydrogen (secondary N) is 1. The molecule has 1 aromatic heterocycles. The summed E-state index contributed by atoms with van der Waals surface area (Å²) in [4.78, 5) is 17.2. The number of hydrogen-bond donors (Lipinski definition) is 1. The Bertz CT molecular complexity index is 1040. The van der Waals surface area contributed by atoms with Crippen LogP contribution < -0.4 is 14.8 Å². The fourth-order valence-corrected chi connectivity index (χ4v) is 3.85. The molecule has 0 aliphatic heterocycles. The summed E-state index contributed by atoms with van der Waals surface area (Å²) in [6.07, 6.45) is 4.60. The van der Waals surface area contributed by atoms with Crippen LogP contribution in [0.25, 0.3) is 11.4 Å². The fraction of sp³-hybridized carbons (Fsp3) is 0.318. The molecule has 30 heavy (non-hydrogen) atoms. The maximum absolute atomic E-state index is 12.7. The van der Waals surface area contributed by atoms with Crippen LogP contribution in [0.2, 0.25) is 5.02 Å². The van der Waals surface area contributed by atoms with E-state index >= 15 is 0 Å². The number of anilines is 1. The lowest BCUT2D eigenvalue weighted by atomic mass is 10.1. The molecule has 1 fully saturated rings. The average Bonchev–Trinajstić information content (AvgIpc) is 3.47. The third-order valence-corrected chi connectivity index (χ3v) is 5.57. The average molecular weight is 428 g/mol. The Morgan fingerprint density at radius 3 is 2.53 bits per heavy atom. The van der Waals surface area contributed by atoms with Gasteiger partial charge >= 0.3 is 0 Å². The lowest BCUT2D eigenvalue weighted by molar-refractivity contribution is 0.102. The lowest BCUT2D eigenvalue weighted by Gasteiger charge is -2.13. The SMILES string of the molecule is COc1cc(Cl)c(NC(=O)c2ccc(-c3noc(C4CCCC4)n3)cc2)c(OC)c1. The maximum Gasteiger partial charge on any atom is 0.255 e. The molecule has 3 aromatic rings. The number of nitrogens with zero attached hydrogens (tertiary/aromatic N) is 2. The number of halogens is 1. The topological polar surface area (TPSA) is 86.5 Å². The number of rotatable bonds is 6. The second kappa shape index (κ2) is 8.75. The quantitative estimate of drug-likeness (QED) is 0.573. The van der Waals surface area contributed by atoms with Crippen molar-refractivity contribution in [2.45, 2.75) is 31.6 Å². The Kier molecular flexibility index (Phi) is 5.90. The van der Waals surface area contributed by atoms with Gasteiger partial charge in [0.1, 0.15) is 17.2 Å². The van der Waals surface area contributed by atoms with Crippen LogP contribution in [0, 0.1) is 0 Å². The standard InChI is InChI=1S/C22H22ClN3O4/c1-28-16-11-17(23)19(18(12-16)29-2)24-21(27)14-9-7-13(8-10-14)20-25-22(30-26-20)15-5-3-4-6-15/h7-12,15H,3-6H2,1-2H3,(H,24,27). The Morgan fingerprint density at radius 2 is 1.87 bits per heavy atom. The molecule has 0 saturated heterocycles. The van der Waals surface area contributed by atoms with E-state index < -0.39 is 0 Å². The molecule has 7 nitrogen and oxygen atoms in total. The van der Waals surface area contributed by atoms with Crippen molar-refractivity contribution in [2.75, 3.05) is 19.5 Å². The molecule has 0 atom stereocenters. The van der Waals surface area contributed by atoms with Gasteiger partial charge in [0.25, 0.3) is 5.91 Å². The predicted octanol–water partition coefficient (Wildman–Crippen LogP) is 5.32. The molecule has 0 radical (unpaired) electrons. The summed E-state index contributed by atoms with van der Waals surface area (Å²) in [7, 11) is 3.03. The summed E-state index contributed by atoms with van der Waals surface area (Å²) in [5.41, 5.74) is 1.64. The maximum atomic E-state index is 12.7. The molecule has 1 N–H and O–H groups in total. The van der Waals surface area contributed by atoms with Gasteiger partial charge in [-0.1, -0.05) is 41.7 Å². The zero-order chi connectivity index (χ0) is 21.1. The number of ether oxygens (including phenoxy) is 2. The molecule has 4 rings (SSSR count). The largest absolute Gasteiger partial charge is 0.497 e. The van der Waals surface area contributed by atoms with Crippen LogP contribution in [0.1, 0.15) is 47.8 Å². The van der Waals surface area contributed by atoms with Crippen molar-refractivity contribution in [1.29, 1.82) is 0 Å². The molecule has 0 unspecified atom stereocenters. The number of aromatic nitrogens is 2. The van der Waals surface area contributed by atoms with Gasteiger partial charge in [0.15, 0.2) is 0 Å². The zero-order valence-electron chi connectivity index (χ0n) is 16.8. The molecule has 1 amide bonds. The Morgan fingerprint density at radius 1 is 1.13 bits per heavy atom. The normalized spacial score (nSPS) is 14.0. The van der Waals surface area contributed by atoms with Crippen molar-refractivity contribution >= 4 is 23.2 Å². The molecule has 1 aliphatic rings. The van der Waals surface area contributed by atoms with E-state index in [0.717, 1.165) is 18.4 Å². The number of methoxy groups -OCH3 is 2. The van der Waals surface area contributed by atoms with Gasteiger partial charge in [0.2, 0.25) is 11.7 Å². The second-order valence-corrected chi connectivity index (χ2v) is 7.56. The van der Waals surface area contributed by atoms with Gasteiger partial charge in [-0.3, -0.25) is 4.79 Å². The van der Waals surface area contributed by atoms with E-state index in [2.05, 4.69) is 15.5 Å². The number of carbonyl (C=O) groups excluding carboxylic acids is 1. The van der Waals surface area contributed by atoms with E-state index in [0.29, 0.717) is 45.4 Å². The molecular formula is C22H22ClN3O4. The molecule has 1 aliphatic carbocycles. The van der Waals surface area contributed by atoms with E-state index in [9.17, 15) is 4.79 Å². The second-order valence-electron chi connectivity index (χ2n) is 7.16. The molecule has 156 valence electrons. The number of amides is 1. The van der Waals surface area contributed by atoms with E-state index in [1.54, 1.807) is 36.4 Å². The van der Waals surface area contributed by atoms with Gasteiger partial charge in [-0.2, -0.15) is 4.98 Å². The highest BCUT2D eigenvalue weighted by molar-refractivity contribution is 6.34. The number of benzene rings is 2. The molecule has 0 bridgehead atoms. The van der Waals surface area contributed by atoms with Crippen LogP contribution in [0.3, 0.4) is 0 Å². The van der Waals surface area contributed by atoms with E-state index in [-0.39, 0.29) is 5.91 Å². The fourth-order valence-electron chi connectivity index (χ4n) is 3.61. The first kappa shape index (κ1) is 20.2. The minimum Gasteiger partial charge on any atom is -0.497 e. The molecule has 0 spiro atoms. The molecule has 8 heteroatoms. The smallest absolute Gasteiger partial charge is 0.255 e. The van der Waals surface area contributed by atoms with E-state index in [4.69, 9.17) is 25.6 Å². The highest BCUT2D eigenvalue weighted by Gasteiger charge is 2.23. The molecular weight excluding hydrogens is 406 g/mol. The first-order valence-electron chi connectivity index (χ1n) is 9.76. The minimum atomic E-state index is -0.313. The van der Waals surface area contributed by atoms with Crippen LogP contribution in [0.15, 0.2) is 40.9 Å². The minimum absolute atomic E-state index is 0.313. The third kappa shape index (κ3) is 4.11. The van der Waals surface area contributed by atoms with Gasteiger partial charge in [-0.15, -0.1) is 0 Å². The highest BCUT2D eigenvalue weighted by Crippen LogP contribution is 2.37. The van der Waals surface area contributed by atoms with Gasteiger partial charge in [0, 0.05) is 29.2 Å². The van der Waals surface area contributed by atoms with Crippen molar-refractivity contribution in [2.24, 2.45) is 0 Å². The Labute approximate surface area is 179 Å². The first-order chi connectivity index (χ1) is 14.6. The lowest BCUT2D eigenvalue weighted by Crippen LogP contribution is -2.13. The summed E-state index contributed by atoms with van der Waals surface area (Å²) >= 11 is 6.28. The van der Waals surface area contributed by atoms with Crippen molar-refractivity contribution in [3.8, 4) is 22.9 Å². The van der Waals surface area contributed by atoms with Crippen LogP contribution in [0.4, 0.5) is 5.69 Å². The van der Waals surface area contributed by atoms with Gasteiger partial charge in [-0.05, 0) is 25.0 Å². The summed E-state index contributed by atoms with van der Waals surface area (Å²) in [6.45, 7) is 0.